The highest BCUT2D eigenvalue weighted by molar-refractivity contribution is 4.93. The van der Waals surface area contributed by atoms with Crippen molar-refractivity contribution in [1.82, 2.24) is 0 Å². The van der Waals surface area contributed by atoms with Crippen molar-refractivity contribution in [2.45, 2.75) is 77.7 Å². The zero-order chi connectivity index (χ0) is 12.5. The van der Waals surface area contributed by atoms with Crippen LogP contribution < -0.4 is 0 Å². The second-order valence-corrected chi connectivity index (χ2v) is 7.18. The van der Waals surface area contributed by atoms with Gasteiger partial charge in [0, 0.05) is 0 Å². The van der Waals surface area contributed by atoms with Gasteiger partial charge in [-0.1, -0.05) is 33.1 Å². The van der Waals surface area contributed by atoms with Gasteiger partial charge in [-0.15, -0.1) is 0 Å². The van der Waals surface area contributed by atoms with Gasteiger partial charge in [0.1, 0.15) is 0 Å². The lowest BCUT2D eigenvalue weighted by Crippen LogP contribution is -2.46. The monoisotopic (exact) mass is 238 g/mol. The maximum atomic E-state index is 11.0. The maximum absolute atomic E-state index is 11.0. The first-order chi connectivity index (χ1) is 8.00. The number of hydrogen-bond donors (Lipinski definition) is 1. The zero-order valence-corrected chi connectivity index (χ0v) is 11.9. The highest BCUT2D eigenvalue weighted by atomic mass is 16.3. The summed E-state index contributed by atoms with van der Waals surface area (Å²) < 4.78 is 0. The molecule has 0 aliphatic heterocycles. The second-order valence-electron chi connectivity index (χ2n) is 7.18. The molecular weight excluding hydrogens is 208 g/mol. The minimum atomic E-state index is -0.399. The Hall–Kier alpha value is -0.0400. The lowest BCUT2D eigenvalue weighted by atomic mass is 9.64. The molecule has 1 nitrogen and oxygen atoms in total. The van der Waals surface area contributed by atoms with Crippen molar-refractivity contribution in [2.24, 2.45) is 23.7 Å². The van der Waals surface area contributed by atoms with Crippen molar-refractivity contribution in [3.05, 3.63) is 0 Å². The highest BCUT2D eigenvalue weighted by Crippen LogP contribution is 2.45. The highest BCUT2D eigenvalue weighted by Gasteiger charge is 2.42. The molecule has 17 heavy (non-hydrogen) atoms. The smallest absolute Gasteiger partial charge is 0.0676 e. The van der Waals surface area contributed by atoms with Gasteiger partial charge in [0.2, 0.25) is 0 Å². The van der Waals surface area contributed by atoms with E-state index >= 15 is 0 Å². The molecule has 0 heterocycles. The predicted octanol–water partition coefficient (Wildman–Crippen LogP) is 4.39. The second kappa shape index (κ2) is 5.30. The molecule has 2 aliphatic carbocycles. The summed E-state index contributed by atoms with van der Waals surface area (Å²) in [7, 11) is 0. The van der Waals surface area contributed by atoms with E-state index in [0.717, 1.165) is 11.8 Å². The van der Waals surface area contributed by atoms with E-state index in [4.69, 9.17) is 0 Å². The normalized spacial score (nSPS) is 39.9. The lowest BCUT2D eigenvalue weighted by molar-refractivity contribution is -0.0879. The Bertz CT molecular complexity index is 230. The van der Waals surface area contributed by atoms with Gasteiger partial charge in [-0.05, 0) is 62.7 Å². The van der Waals surface area contributed by atoms with Crippen LogP contribution in [0.4, 0.5) is 0 Å². The van der Waals surface area contributed by atoms with E-state index in [1.165, 1.54) is 51.4 Å². The Balaban J connectivity index is 2.02. The fourth-order valence-corrected chi connectivity index (χ4v) is 4.44. The quantitative estimate of drug-likeness (QED) is 0.756. The third kappa shape index (κ3) is 3.05. The Morgan fingerprint density at radius 1 is 0.824 bits per heavy atom. The number of hydrogen-bond acceptors (Lipinski definition) is 1. The molecule has 0 spiro atoms. The van der Waals surface area contributed by atoms with Gasteiger partial charge >= 0.3 is 0 Å². The third-order valence-electron chi connectivity index (χ3n) is 5.44. The van der Waals surface area contributed by atoms with Gasteiger partial charge in [0.05, 0.1) is 5.60 Å². The van der Waals surface area contributed by atoms with Crippen LogP contribution in [0.5, 0.6) is 0 Å². The maximum Gasteiger partial charge on any atom is 0.0676 e. The van der Waals surface area contributed by atoms with Gasteiger partial charge < -0.3 is 5.11 Å². The first kappa shape index (κ1) is 13.4. The molecule has 0 bridgehead atoms. The van der Waals surface area contributed by atoms with Crippen LogP contribution in [0.1, 0.15) is 72.1 Å². The van der Waals surface area contributed by atoms with Crippen LogP contribution in [0.2, 0.25) is 0 Å². The van der Waals surface area contributed by atoms with Crippen molar-refractivity contribution in [1.29, 1.82) is 0 Å². The van der Waals surface area contributed by atoms with E-state index < -0.39 is 5.60 Å². The lowest BCUT2D eigenvalue weighted by Gasteiger charge is -2.45. The minimum Gasteiger partial charge on any atom is -0.390 e. The van der Waals surface area contributed by atoms with Crippen molar-refractivity contribution < 1.29 is 5.11 Å². The van der Waals surface area contributed by atoms with Gasteiger partial charge in [0.15, 0.2) is 0 Å². The van der Waals surface area contributed by atoms with E-state index in [0.29, 0.717) is 11.8 Å². The summed E-state index contributed by atoms with van der Waals surface area (Å²) in [5, 5.41) is 11.0. The molecule has 0 radical (unpaired) electrons. The summed E-state index contributed by atoms with van der Waals surface area (Å²) in [6.07, 6.45) is 10.4. The molecular formula is C16H30O. The molecule has 2 aliphatic rings. The molecule has 100 valence electrons. The minimum absolute atomic E-state index is 0.399. The molecule has 0 saturated heterocycles. The van der Waals surface area contributed by atoms with Gasteiger partial charge in [-0.3, -0.25) is 0 Å². The van der Waals surface area contributed by atoms with Crippen molar-refractivity contribution in [3.8, 4) is 0 Å². The van der Waals surface area contributed by atoms with E-state index in [9.17, 15) is 5.11 Å². The molecule has 1 heteroatoms. The van der Waals surface area contributed by atoms with Crippen molar-refractivity contribution >= 4 is 0 Å². The Kier molecular flexibility index (Phi) is 4.18. The Morgan fingerprint density at radius 2 is 1.35 bits per heavy atom. The Morgan fingerprint density at radius 3 is 1.88 bits per heavy atom. The molecule has 1 N–H and O–H groups in total. The van der Waals surface area contributed by atoms with Crippen molar-refractivity contribution in [3.63, 3.8) is 0 Å². The number of aliphatic hydroxyl groups is 1. The van der Waals surface area contributed by atoms with Crippen LogP contribution in [0.3, 0.4) is 0 Å². The molecule has 0 aromatic carbocycles. The summed E-state index contributed by atoms with van der Waals surface area (Å²) in [5.41, 5.74) is -0.399. The fourth-order valence-electron chi connectivity index (χ4n) is 4.44. The van der Waals surface area contributed by atoms with Crippen LogP contribution in [0, 0.1) is 23.7 Å². The molecule has 0 aromatic rings. The molecule has 3 unspecified atom stereocenters. The van der Waals surface area contributed by atoms with Crippen LogP contribution in [0.15, 0.2) is 0 Å². The van der Waals surface area contributed by atoms with Crippen LogP contribution >= 0.6 is 0 Å². The first-order valence-corrected chi connectivity index (χ1v) is 7.72. The molecule has 2 fully saturated rings. The predicted molar refractivity (Wildman–Crippen MR) is 72.9 cm³/mol. The fraction of sp³-hybridized carbons (Fsp3) is 1.00. The summed E-state index contributed by atoms with van der Waals surface area (Å²) >= 11 is 0. The summed E-state index contributed by atoms with van der Waals surface area (Å²) in [6, 6.07) is 0. The zero-order valence-electron chi connectivity index (χ0n) is 11.9. The molecule has 0 amide bonds. The Labute approximate surface area is 107 Å². The van der Waals surface area contributed by atoms with E-state index in [-0.39, 0.29) is 0 Å². The third-order valence-corrected chi connectivity index (χ3v) is 5.44. The molecule has 2 saturated carbocycles. The van der Waals surface area contributed by atoms with Crippen LogP contribution in [0.25, 0.3) is 0 Å². The first-order valence-electron chi connectivity index (χ1n) is 7.72. The largest absolute Gasteiger partial charge is 0.390 e. The van der Waals surface area contributed by atoms with Crippen LogP contribution in [-0.4, -0.2) is 10.7 Å². The molecule has 3 atom stereocenters. The topological polar surface area (TPSA) is 20.2 Å². The summed E-state index contributed by atoms with van der Waals surface area (Å²) in [6.45, 7) is 6.86. The SMILES string of the molecule is CC1CC(C)CC(C(C)(O)C2CCCCC2)C1. The summed E-state index contributed by atoms with van der Waals surface area (Å²) in [4.78, 5) is 0. The molecule has 2 rings (SSSR count). The van der Waals surface area contributed by atoms with Gasteiger partial charge in [0.25, 0.3) is 0 Å². The van der Waals surface area contributed by atoms with E-state index in [1.807, 2.05) is 0 Å². The summed E-state index contributed by atoms with van der Waals surface area (Å²) in [5.74, 6) is 2.72. The van der Waals surface area contributed by atoms with E-state index in [1.54, 1.807) is 0 Å². The number of rotatable bonds is 2. The van der Waals surface area contributed by atoms with E-state index in [2.05, 4.69) is 20.8 Å². The standard InChI is InChI=1S/C16H30O/c1-12-9-13(2)11-15(10-12)16(3,17)14-7-5-4-6-8-14/h12-15,17H,4-11H2,1-3H3. The van der Waals surface area contributed by atoms with Crippen molar-refractivity contribution in [2.75, 3.05) is 0 Å². The average Bonchev–Trinajstić information content (AvgIpc) is 2.29. The van der Waals surface area contributed by atoms with Gasteiger partial charge in [-0.2, -0.15) is 0 Å². The van der Waals surface area contributed by atoms with Crippen LogP contribution in [-0.2, 0) is 0 Å². The van der Waals surface area contributed by atoms with Gasteiger partial charge in [-0.25, -0.2) is 0 Å². The molecule has 0 aromatic heterocycles. The average molecular weight is 238 g/mol.